The second-order valence-corrected chi connectivity index (χ2v) is 8.83. The summed E-state index contributed by atoms with van der Waals surface area (Å²) < 4.78 is 5.45. The van der Waals surface area contributed by atoms with Gasteiger partial charge in [-0.15, -0.1) is 0 Å². The van der Waals surface area contributed by atoms with Crippen LogP contribution in [-0.4, -0.2) is 53.2 Å². The van der Waals surface area contributed by atoms with Crippen LogP contribution in [-0.2, 0) is 4.74 Å². The average molecular weight is 431 g/mol. The summed E-state index contributed by atoms with van der Waals surface area (Å²) in [6, 6.07) is 16.5. The summed E-state index contributed by atoms with van der Waals surface area (Å²) in [5, 5.41) is 9.83. The number of ether oxygens (including phenoxy) is 1. The fraction of sp³-hybridized carbons (Fsp3) is 0.320. The van der Waals surface area contributed by atoms with E-state index in [1.54, 1.807) is 30.6 Å². The summed E-state index contributed by atoms with van der Waals surface area (Å²) >= 11 is 0. The van der Waals surface area contributed by atoms with Gasteiger partial charge in [0.15, 0.2) is 0 Å². The van der Waals surface area contributed by atoms with Gasteiger partial charge in [-0.1, -0.05) is 48.6 Å². The number of fused-ring (bicyclic) bond motifs is 2. The minimum atomic E-state index is -0.778. The topological polar surface area (TPSA) is 76.9 Å². The number of benzene rings is 2. The van der Waals surface area contributed by atoms with Crippen LogP contribution < -0.4 is 4.90 Å². The molecule has 0 bridgehead atoms. The number of para-hydroxylation sites is 2. The molecule has 2 aliphatic heterocycles. The van der Waals surface area contributed by atoms with Crippen LogP contribution in [0.15, 0.2) is 48.5 Å². The van der Waals surface area contributed by atoms with Crippen molar-refractivity contribution in [2.45, 2.75) is 32.4 Å². The number of hydrogen-bond acceptors (Lipinski definition) is 4. The predicted octanol–water partition coefficient (Wildman–Crippen LogP) is 4.87. The van der Waals surface area contributed by atoms with Crippen molar-refractivity contribution >= 4 is 35.7 Å². The van der Waals surface area contributed by atoms with E-state index in [4.69, 9.17) is 4.74 Å². The van der Waals surface area contributed by atoms with E-state index in [1.807, 2.05) is 60.7 Å². The lowest BCUT2D eigenvalue weighted by atomic mass is 10.1. The summed E-state index contributed by atoms with van der Waals surface area (Å²) in [4.78, 5) is 31.0. The maximum atomic E-state index is 13.8. The second-order valence-electron chi connectivity index (χ2n) is 8.83. The second kappa shape index (κ2) is 8.39. The third-order valence-electron chi connectivity index (χ3n) is 5.42. The van der Waals surface area contributed by atoms with Gasteiger partial charge in [-0.25, -0.2) is 9.59 Å². The first-order chi connectivity index (χ1) is 15.3. The van der Waals surface area contributed by atoms with Gasteiger partial charge in [0.2, 0.25) is 0 Å². The van der Waals surface area contributed by atoms with Crippen molar-refractivity contribution in [1.29, 1.82) is 5.26 Å². The molecule has 32 heavy (non-hydrogen) atoms. The van der Waals surface area contributed by atoms with Crippen molar-refractivity contribution in [3.63, 3.8) is 0 Å². The molecule has 0 saturated carbocycles. The number of nitriles is 1. The maximum Gasteiger partial charge on any atom is 0.410 e. The van der Waals surface area contributed by atoms with Gasteiger partial charge in [0, 0.05) is 13.1 Å². The van der Waals surface area contributed by atoms with Gasteiger partial charge >= 0.3 is 12.1 Å². The van der Waals surface area contributed by atoms with E-state index in [1.165, 1.54) is 4.90 Å². The summed E-state index contributed by atoms with van der Waals surface area (Å²) in [7, 11) is 0. The van der Waals surface area contributed by atoms with Gasteiger partial charge in [0.05, 0.1) is 24.0 Å². The molecule has 2 aromatic carbocycles. The van der Waals surface area contributed by atoms with Gasteiger partial charge in [-0.2, -0.15) is 5.26 Å². The number of hydrogen-bond donors (Lipinski definition) is 0. The van der Waals surface area contributed by atoms with Gasteiger partial charge in [-0.05, 0) is 44.0 Å². The summed E-state index contributed by atoms with van der Waals surface area (Å²) in [5.41, 5.74) is 2.71. The van der Waals surface area contributed by atoms with E-state index < -0.39 is 17.7 Å². The van der Waals surface area contributed by atoms with Crippen molar-refractivity contribution in [2.75, 3.05) is 24.5 Å². The number of piperazine rings is 1. The van der Waals surface area contributed by atoms with Crippen LogP contribution in [0.25, 0.3) is 12.2 Å². The average Bonchev–Trinajstić information content (AvgIpc) is 2.94. The number of nitrogens with zero attached hydrogens (tertiary/aromatic N) is 4. The van der Waals surface area contributed by atoms with Crippen LogP contribution in [0.5, 0.6) is 0 Å². The Morgan fingerprint density at radius 2 is 1.53 bits per heavy atom. The first kappa shape index (κ1) is 21.4. The van der Waals surface area contributed by atoms with Gasteiger partial charge in [0.25, 0.3) is 0 Å². The number of carbonyl (C=O) groups is 2. The SMILES string of the molecule is CC(C)(C)OC(=O)N1CCN(C(=O)N2c3ccccc3C=Cc3ccccc32)[C@H](C#N)C1. The summed E-state index contributed by atoms with van der Waals surface area (Å²) in [5.74, 6) is 0. The van der Waals surface area contributed by atoms with E-state index in [9.17, 15) is 14.9 Å². The zero-order chi connectivity index (χ0) is 22.9. The molecule has 0 aromatic heterocycles. The van der Waals surface area contributed by atoms with Crippen LogP contribution in [0, 0.1) is 11.3 Å². The lowest BCUT2D eigenvalue weighted by Gasteiger charge is -2.40. The quantitative estimate of drug-likeness (QED) is 0.597. The van der Waals surface area contributed by atoms with Gasteiger partial charge < -0.3 is 14.5 Å². The highest BCUT2D eigenvalue weighted by Gasteiger charge is 2.38. The molecule has 7 heteroatoms. The van der Waals surface area contributed by atoms with E-state index in [0.717, 1.165) is 22.5 Å². The number of urea groups is 1. The molecule has 1 saturated heterocycles. The van der Waals surface area contributed by atoms with Crippen molar-refractivity contribution in [2.24, 2.45) is 0 Å². The molecule has 0 unspecified atom stereocenters. The first-order valence-electron chi connectivity index (χ1n) is 10.6. The molecule has 4 rings (SSSR count). The molecule has 0 spiro atoms. The Morgan fingerprint density at radius 3 is 2.06 bits per heavy atom. The van der Waals surface area contributed by atoms with Gasteiger partial charge in [-0.3, -0.25) is 4.90 Å². The number of amides is 3. The maximum absolute atomic E-state index is 13.8. The molecule has 3 amide bonds. The fourth-order valence-corrected chi connectivity index (χ4v) is 3.92. The van der Waals surface area contributed by atoms with Crippen LogP contribution in [0.3, 0.4) is 0 Å². The molecule has 164 valence electrons. The smallest absolute Gasteiger partial charge is 0.410 e. The molecule has 7 nitrogen and oxygen atoms in total. The number of carbonyl (C=O) groups excluding carboxylic acids is 2. The lowest BCUT2D eigenvalue weighted by Crippen LogP contribution is -2.59. The molecule has 0 radical (unpaired) electrons. The summed E-state index contributed by atoms with van der Waals surface area (Å²) in [6.45, 7) is 6.05. The minimum Gasteiger partial charge on any atom is -0.444 e. The lowest BCUT2D eigenvalue weighted by molar-refractivity contribution is 0.0135. The Bertz CT molecular complexity index is 1060. The predicted molar refractivity (Wildman–Crippen MR) is 123 cm³/mol. The van der Waals surface area contributed by atoms with E-state index in [-0.39, 0.29) is 19.1 Å². The van der Waals surface area contributed by atoms with Crippen LogP contribution in [0.4, 0.5) is 21.0 Å². The zero-order valence-electron chi connectivity index (χ0n) is 18.5. The zero-order valence-corrected chi connectivity index (χ0v) is 18.5. The third kappa shape index (κ3) is 4.17. The van der Waals surface area contributed by atoms with E-state index in [0.29, 0.717) is 6.54 Å². The minimum absolute atomic E-state index is 0.104. The molecular weight excluding hydrogens is 404 g/mol. The summed E-state index contributed by atoms with van der Waals surface area (Å²) in [6.07, 6.45) is 3.51. The number of anilines is 2. The van der Waals surface area contributed by atoms with Crippen LogP contribution in [0.2, 0.25) is 0 Å². The van der Waals surface area contributed by atoms with Crippen LogP contribution >= 0.6 is 0 Å². The standard InChI is InChI=1S/C25H26N4O3/c1-25(2,3)32-24(31)27-14-15-28(20(16-26)17-27)23(30)29-21-10-6-4-8-18(21)12-13-19-9-5-7-11-22(19)29/h4-13,20H,14-15,17H2,1-3H3/t20-/m1/s1. The Balaban J connectivity index is 1.64. The Kier molecular flexibility index (Phi) is 5.62. The molecule has 1 fully saturated rings. The Labute approximate surface area is 188 Å². The molecular formula is C25H26N4O3. The monoisotopic (exact) mass is 430 g/mol. The van der Waals surface area contributed by atoms with Crippen molar-refractivity contribution in [3.8, 4) is 6.07 Å². The van der Waals surface area contributed by atoms with Crippen molar-refractivity contribution < 1.29 is 14.3 Å². The molecule has 0 N–H and O–H groups in total. The highest BCUT2D eigenvalue weighted by Crippen LogP contribution is 2.37. The Morgan fingerprint density at radius 1 is 0.969 bits per heavy atom. The Hall–Kier alpha value is -3.79. The molecule has 0 aliphatic carbocycles. The molecule has 2 heterocycles. The number of rotatable bonds is 0. The molecule has 2 aromatic rings. The van der Waals surface area contributed by atoms with Gasteiger partial charge in [0.1, 0.15) is 11.6 Å². The van der Waals surface area contributed by atoms with E-state index >= 15 is 0 Å². The van der Waals surface area contributed by atoms with Crippen LogP contribution in [0.1, 0.15) is 31.9 Å². The molecule has 2 aliphatic rings. The highest BCUT2D eigenvalue weighted by atomic mass is 16.6. The normalized spacial score (nSPS) is 17.7. The van der Waals surface area contributed by atoms with E-state index in [2.05, 4.69) is 6.07 Å². The molecule has 1 atom stereocenters. The highest BCUT2D eigenvalue weighted by molar-refractivity contribution is 6.05. The van der Waals surface area contributed by atoms with Crippen molar-refractivity contribution in [1.82, 2.24) is 9.80 Å². The largest absolute Gasteiger partial charge is 0.444 e. The first-order valence-corrected chi connectivity index (χ1v) is 10.6. The fourth-order valence-electron chi connectivity index (χ4n) is 3.92. The third-order valence-corrected chi connectivity index (χ3v) is 5.42. The van der Waals surface area contributed by atoms with Crippen molar-refractivity contribution in [3.05, 3.63) is 59.7 Å².